The Hall–Kier alpha value is -0.410. The van der Waals surface area contributed by atoms with E-state index in [-0.39, 0.29) is 5.75 Å². The van der Waals surface area contributed by atoms with Crippen LogP contribution in [0.1, 0.15) is 11.8 Å². The number of methoxy groups -OCH3 is 1. The van der Waals surface area contributed by atoms with Crippen molar-refractivity contribution >= 4 is 22.9 Å². The average molecular weight is 193 g/mol. The van der Waals surface area contributed by atoms with E-state index in [0.29, 0.717) is 10.1 Å². The molecular formula is C7H9ClO2S. The number of aryl methyl sites for hydroxylation is 1. The fourth-order valence-electron chi connectivity index (χ4n) is 0.795. The summed E-state index contributed by atoms with van der Waals surface area (Å²) in [7, 11) is 1.54. The molecular weight excluding hydrogens is 184 g/mol. The van der Waals surface area contributed by atoms with Crippen LogP contribution in [-0.2, 0) is 6.42 Å². The Bertz CT molecular complexity index is 233. The Morgan fingerprint density at radius 2 is 2.27 bits per heavy atom. The second-order valence-electron chi connectivity index (χ2n) is 2.03. The average Bonchev–Trinajstić information content (AvgIpc) is 2.30. The lowest BCUT2D eigenvalue weighted by molar-refractivity contribution is 0.422. The molecule has 0 aliphatic carbocycles. The third-order valence-electron chi connectivity index (χ3n) is 1.37. The highest BCUT2D eigenvalue weighted by molar-refractivity contribution is 7.15. The summed E-state index contributed by atoms with van der Waals surface area (Å²) in [5.74, 6) is 0.163. The van der Waals surface area contributed by atoms with E-state index < -0.39 is 0 Å². The van der Waals surface area contributed by atoms with Crippen molar-refractivity contribution in [2.75, 3.05) is 7.11 Å². The molecule has 0 aromatic carbocycles. The highest BCUT2D eigenvalue weighted by atomic mass is 35.5. The first-order chi connectivity index (χ1) is 5.20. The number of halogens is 1. The van der Waals surface area contributed by atoms with Gasteiger partial charge in [0.25, 0.3) is 0 Å². The minimum absolute atomic E-state index is 0.163. The molecule has 0 bridgehead atoms. The third-order valence-corrected chi connectivity index (χ3v) is 3.12. The van der Waals surface area contributed by atoms with E-state index in [2.05, 4.69) is 0 Å². The van der Waals surface area contributed by atoms with Crippen LogP contribution < -0.4 is 4.74 Å². The first kappa shape index (κ1) is 8.68. The summed E-state index contributed by atoms with van der Waals surface area (Å²) >= 11 is 7.11. The lowest BCUT2D eigenvalue weighted by atomic mass is 10.3. The summed E-state index contributed by atoms with van der Waals surface area (Å²) < 4.78 is 4.93. The van der Waals surface area contributed by atoms with Crippen molar-refractivity contribution in [2.24, 2.45) is 0 Å². The maximum atomic E-state index is 9.35. The van der Waals surface area contributed by atoms with Gasteiger partial charge in [0.05, 0.1) is 12.0 Å². The fraction of sp³-hybridized carbons (Fsp3) is 0.429. The molecule has 0 aliphatic heterocycles. The molecule has 62 valence electrons. The van der Waals surface area contributed by atoms with Crippen LogP contribution in [0.2, 0.25) is 5.02 Å². The van der Waals surface area contributed by atoms with Crippen LogP contribution >= 0.6 is 22.9 Å². The normalized spacial score (nSPS) is 10.1. The van der Waals surface area contributed by atoms with Gasteiger partial charge in [0.2, 0.25) is 0 Å². The van der Waals surface area contributed by atoms with Crippen molar-refractivity contribution in [3.05, 3.63) is 9.90 Å². The Morgan fingerprint density at radius 1 is 1.64 bits per heavy atom. The van der Waals surface area contributed by atoms with Crippen LogP contribution in [-0.4, -0.2) is 12.2 Å². The zero-order valence-corrected chi connectivity index (χ0v) is 7.92. The van der Waals surface area contributed by atoms with E-state index in [4.69, 9.17) is 16.3 Å². The van der Waals surface area contributed by atoms with Gasteiger partial charge >= 0.3 is 0 Å². The molecule has 0 saturated carbocycles. The Morgan fingerprint density at radius 3 is 2.55 bits per heavy atom. The number of hydrogen-bond acceptors (Lipinski definition) is 3. The van der Waals surface area contributed by atoms with Crippen molar-refractivity contribution in [3.63, 3.8) is 0 Å². The van der Waals surface area contributed by atoms with Crippen molar-refractivity contribution in [2.45, 2.75) is 13.3 Å². The van der Waals surface area contributed by atoms with Crippen LogP contribution in [0.5, 0.6) is 10.8 Å². The van der Waals surface area contributed by atoms with Gasteiger partial charge in [-0.15, -0.1) is 0 Å². The molecule has 0 amide bonds. The predicted octanol–water partition coefficient (Wildman–Crippen LogP) is 2.68. The van der Waals surface area contributed by atoms with Crippen molar-refractivity contribution in [1.82, 2.24) is 0 Å². The Balaban J connectivity index is 3.12. The maximum Gasteiger partial charge on any atom is 0.196 e. The van der Waals surface area contributed by atoms with Gasteiger partial charge in [0.1, 0.15) is 5.02 Å². The fourth-order valence-corrected chi connectivity index (χ4v) is 1.99. The number of thiophene rings is 1. The van der Waals surface area contributed by atoms with Crippen molar-refractivity contribution in [1.29, 1.82) is 0 Å². The van der Waals surface area contributed by atoms with Crippen molar-refractivity contribution < 1.29 is 9.84 Å². The molecule has 0 saturated heterocycles. The number of ether oxygens (including phenoxy) is 1. The summed E-state index contributed by atoms with van der Waals surface area (Å²) in [4.78, 5) is 0.867. The number of aromatic hydroxyl groups is 1. The molecule has 1 aromatic rings. The molecule has 2 nitrogen and oxygen atoms in total. The number of rotatable bonds is 2. The largest absolute Gasteiger partial charge is 0.505 e. The van der Waals surface area contributed by atoms with E-state index in [1.165, 1.54) is 18.4 Å². The van der Waals surface area contributed by atoms with Gasteiger partial charge in [0.15, 0.2) is 10.8 Å². The smallest absolute Gasteiger partial charge is 0.196 e. The van der Waals surface area contributed by atoms with Gasteiger partial charge in [-0.05, 0) is 6.42 Å². The first-order valence-corrected chi connectivity index (χ1v) is 4.44. The topological polar surface area (TPSA) is 29.5 Å². The lowest BCUT2D eigenvalue weighted by Gasteiger charge is -1.91. The summed E-state index contributed by atoms with van der Waals surface area (Å²) in [6.07, 6.45) is 0.777. The summed E-state index contributed by atoms with van der Waals surface area (Å²) in [6, 6.07) is 0. The molecule has 0 radical (unpaired) electrons. The summed E-state index contributed by atoms with van der Waals surface area (Å²) in [5, 5.41) is 10.3. The minimum Gasteiger partial charge on any atom is -0.505 e. The van der Waals surface area contributed by atoms with Crippen LogP contribution in [0, 0.1) is 0 Å². The van der Waals surface area contributed by atoms with Gasteiger partial charge in [-0.2, -0.15) is 0 Å². The third kappa shape index (κ3) is 1.44. The molecule has 1 heterocycles. The lowest BCUT2D eigenvalue weighted by Crippen LogP contribution is -1.75. The SMILES string of the molecule is CCc1sc(OC)c(Cl)c1O. The Kier molecular flexibility index (Phi) is 2.62. The minimum atomic E-state index is 0.163. The molecule has 0 aliphatic rings. The summed E-state index contributed by atoms with van der Waals surface area (Å²) in [5.41, 5.74) is 0. The summed E-state index contributed by atoms with van der Waals surface area (Å²) in [6.45, 7) is 1.96. The zero-order chi connectivity index (χ0) is 8.43. The van der Waals surface area contributed by atoms with Crippen LogP contribution in [0.3, 0.4) is 0 Å². The van der Waals surface area contributed by atoms with E-state index in [1.807, 2.05) is 6.92 Å². The Labute approximate surface area is 74.4 Å². The highest BCUT2D eigenvalue weighted by Gasteiger charge is 2.14. The van der Waals surface area contributed by atoms with Crippen molar-refractivity contribution in [3.8, 4) is 10.8 Å². The van der Waals surface area contributed by atoms with E-state index in [9.17, 15) is 5.11 Å². The quantitative estimate of drug-likeness (QED) is 0.781. The molecule has 11 heavy (non-hydrogen) atoms. The van der Waals surface area contributed by atoms with Gasteiger partial charge in [-0.3, -0.25) is 0 Å². The first-order valence-electron chi connectivity index (χ1n) is 3.24. The van der Waals surface area contributed by atoms with Crippen LogP contribution in [0.15, 0.2) is 0 Å². The second kappa shape index (κ2) is 3.32. The monoisotopic (exact) mass is 192 g/mol. The molecule has 1 N–H and O–H groups in total. The van der Waals surface area contributed by atoms with Gasteiger partial charge < -0.3 is 9.84 Å². The van der Waals surface area contributed by atoms with E-state index in [1.54, 1.807) is 0 Å². The zero-order valence-electron chi connectivity index (χ0n) is 6.35. The number of hydrogen-bond donors (Lipinski definition) is 1. The van der Waals surface area contributed by atoms with Crippen LogP contribution in [0.4, 0.5) is 0 Å². The highest BCUT2D eigenvalue weighted by Crippen LogP contribution is 2.44. The second-order valence-corrected chi connectivity index (χ2v) is 3.48. The molecule has 1 rings (SSSR count). The van der Waals surface area contributed by atoms with Gasteiger partial charge in [-0.1, -0.05) is 29.9 Å². The molecule has 0 atom stereocenters. The van der Waals surface area contributed by atoms with Crippen LogP contribution in [0.25, 0.3) is 0 Å². The maximum absolute atomic E-state index is 9.35. The van der Waals surface area contributed by atoms with Gasteiger partial charge in [0, 0.05) is 0 Å². The van der Waals surface area contributed by atoms with E-state index in [0.717, 1.165) is 11.3 Å². The van der Waals surface area contributed by atoms with Gasteiger partial charge in [-0.25, -0.2) is 0 Å². The molecule has 0 unspecified atom stereocenters. The molecule has 0 fully saturated rings. The molecule has 1 aromatic heterocycles. The molecule has 4 heteroatoms. The van der Waals surface area contributed by atoms with E-state index >= 15 is 0 Å². The predicted molar refractivity (Wildman–Crippen MR) is 46.9 cm³/mol. The molecule has 0 spiro atoms. The standard InChI is InChI=1S/C7H9ClO2S/c1-3-4-6(9)5(8)7(10-2)11-4/h9H,3H2,1-2H3.